The van der Waals surface area contributed by atoms with Crippen LogP contribution in [-0.2, 0) is 0 Å². The second-order valence-electron chi connectivity index (χ2n) is 4.44. The van der Waals surface area contributed by atoms with Crippen molar-refractivity contribution in [3.8, 4) is 22.8 Å². The Morgan fingerprint density at radius 3 is 1.95 bits per heavy atom. The lowest BCUT2D eigenvalue weighted by molar-refractivity contribution is 1.08. The van der Waals surface area contributed by atoms with Gasteiger partial charge in [-0.2, -0.15) is 0 Å². The predicted molar refractivity (Wildman–Crippen MR) is 83.3 cm³/mol. The molecule has 0 aliphatic carbocycles. The van der Waals surface area contributed by atoms with Gasteiger partial charge in [0.15, 0.2) is 5.82 Å². The summed E-state index contributed by atoms with van der Waals surface area (Å²) in [6.45, 7) is 2.01. The van der Waals surface area contributed by atoms with Crippen molar-refractivity contribution in [3.63, 3.8) is 0 Å². The minimum atomic E-state index is 0.279. The van der Waals surface area contributed by atoms with Crippen LogP contribution in [0, 0.1) is 6.92 Å². The molecule has 0 radical (unpaired) electrons. The van der Waals surface area contributed by atoms with E-state index in [-0.39, 0.29) is 10.3 Å². The Balaban J connectivity index is 2.11. The van der Waals surface area contributed by atoms with Gasteiger partial charge in [0.25, 0.3) is 0 Å². The Morgan fingerprint density at radius 1 is 0.810 bits per heavy atom. The normalized spacial score (nSPS) is 10.6. The molecule has 0 aliphatic heterocycles. The molecule has 0 saturated carbocycles. The van der Waals surface area contributed by atoms with Crippen LogP contribution >= 0.6 is 23.2 Å². The maximum atomic E-state index is 6.27. The number of aryl methyl sites for hydroxylation is 1. The van der Waals surface area contributed by atoms with Gasteiger partial charge in [-0.15, -0.1) is 0 Å². The van der Waals surface area contributed by atoms with Gasteiger partial charge in [-0.3, -0.25) is 0 Å². The molecular weight excluding hydrogens is 307 g/mol. The van der Waals surface area contributed by atoms with Crippen LogP contribution in [0.4, 0.5) is 0 Å². The summed E-state index contributed by atoms with van der Waals surface area (Å²) in [5.74, 6) is 0.693. The molecule has 4 nitrogen and oxygen atoms in total. The molecular formula is C15H10Cl2N4. The maximum absolute atomic E-state index is 6.27. The van der Waals surface area contributed by atoms with Gasteiger partial charge in [-0.05, 0) is 18.6 Å². The van der Waals surface area contributed by atoms with Crippen molar-refractivity contribution in [2.75, 3.05) is 0 Å². The third-order valence-electron chi connectivity index (χ3n) is 2.93. The van der Waals surface area contributed by atoms with E-state index in [4.69, 9.17) is 23.2 Å². The number of rotatable bonds is 2. The highest BCUT2D eigenvalue weighted by atomic mass is 35.5. The van der Waals surface area contributed by atoms with Crippen molar-refractivity contribution in [2.24, 2.45) is 0 Å². The molecule has 0 fully saturated rings. The van der Waals surface area contributed by atoms with E-state index >= 15 is 0 Å². The van der Waals surface area contributed by atoms with Crippen molar-refractivity contribution < 1.29 is 0 Å². The zero-order valence-corrected chi connectivity index (χ0v) is 12.6. The van der Waals surface area contributed by atoms with Crippen molar-refractivity contribution >= 4 is 23.2 Å². The van der Waals surface area contributed by atoms with Gasteiger partial charge in [-0.25, -0.2) is 19.9 Å². The van der Waals surface area contributed by atoms with Crippen LogP contribution in [0.15, 0.2) is 42.7 Å². The van der Waals surface area contributed by atoms with Gasteiger partial charge >= 0.3 is 0 Å². The van der Waals surface area contributed by atoms with Crippen molar-refractivity contribution in [2.45, 2.75) is 6.92 Å². The third-order valence-corrected chi connectivity index (χ3v) is 3.47. The third kappa shape index (κ3) is 2.86. The summed E-state index contributed by atoms with van der Waals surface area (Å²) in [5, 5.41) is 0.558. The summed E-state index contributed by atoms with van der Waals surface area (Å²) in [6, 6.07) is 9.55. The highest BCUT2D eigenvalue weighted by molar-refractivity contribution is 6.37. The maximum Gasteiger partial charge on any atom is 0.200 e. The highest BCUT2D eigenvalue weighted by Crippen LogP contribution is 2.33. The van der Waals surface area contributed by atoms with Crippen molar-refractivity contribution in [1.29, 1.82) is 0 Å². The molecule has 21 heavy (non-hydrogen) atoms. The van der Waals surface area contributed by atoms with Crippen LogP contribution in [0.3, 0.4) is 0 Å². The average Bonchev–Trinajstić information content (AvgIpc) is 2.49. The topological polar surface area (TPSA) is 51.6 Å². The number of hydrogen-bond donors (Lipinski definition) is 0. The lowest BCUT2D eigenvalue weighted by Crippen LogP contribution is -1.97. The monoisotopic (exact) mass is 316 g/mol. The van der Waals surface area contributed by atoms with E-state index in [0.717, 1.165) is 11.1 Å². The first-order valence-corrected chi connectivity index (χ1v) is 6.98. The van der Waals surface area contributed by atoms with E-state index in [1.54, 1.807) is 18.5 Å². The molecule has 3 aromatic rings. The molecule has 0 unspecified atom stereocenters. The summed E-state index contributed by atoms with van der Waals surface area (Å²) in [7, 11) is 0. The lowest BCUT2D eigenvalue weighted by Gasteiger charge is -2.08. The van der Waals surface area contributed by atoms with Gasteiger partial charge < -0.3 is 0 Å². The molecule has 0 N–H and O–H groups in total. The van der Waals surface area contributed by atoms with Crippen molar-refractivity contribution in [3.05, 3.63) is 58.6 Å². The SMILES string of the molecule is Cc1ccc(-c2c(Cl)nc(-c3ncccn3)nc2Cl)cc1. The fourth-order valence-corrected chi connectivity index (χ4v) is 2.49. The van der Waals surface area contributed by atoms with Crippen molar-refractivity contribution in [1.82, 2.24) is 19.9 Å². The molecule has 104 valence electrons. The second kappa shape index (κ2) is 5.76. The van der Waals surface area contributed by atoms with E-state index in [1.165, 1.54) is 0 Å². The molecule has 0 bridgehead atoms. The largest absolute Gasteiger partial charge is 0.234 e. The molecule has 0 atom stereocenters. The van der Waals surface area contributed by atoms with E-state index in [0.29, 0.717) is 17.2 Å². The molecule has 0 saturated heterocycles. The summed E-state index contributed by atoms with van der Waals surface area (Å²) in [5.41, 5.74) is 2.63. The Hall–Kier alpha value is -2.04. The first-order chi connectivity index (χ1) is 10.1. The van der Waals surface area contributed by atoms with Crippen LogP contribution in [0.2, 0.25) is 10.3 Å². The van der Waals surface area contributed by atoms with Gasteiger partial charge in [0.2, 0.25) is 5.82 Å². The minimum absolute atomic E-state index is 0.279. The standard InChI is InChI=1S/C15H10Cl2N4/c1-9-3-5-10(6-4-9)11-12(16)20-15(21-13(11)17)14-18-7-2-8-19-14/h2-8H,1H3. The van der Waals surface area contributed by atoms with Crippen LogP contribution in [0.5, 0.6) is 0 Å². The zero-order chi connectivity index (χ0) is 14.8. The minimum Gasteiger partial charge on any atom is -0.234 e. The van der Waals surface area contributed by atoms with Crippen LogP contribution in [0.25, 0.3) is 22.8 Å². The second-order valence-corrected chi connectivity index (χ2v) is 5.16. The fourth-order valence-electron chi connectivity index (χ4n) is 1.88. The van der Waals surface area contributed by atoms with Crippen LogP contribution in [-0.4, -0.2) is 19.9 Å². The van der Waals surface area contributed by atoms with Gasteiger partial charge in [0, 0.05) is 12.4 Å². The Kier molecular flexibility index (Phi) is 3.82. The highest BCUT2D eigenvalue weighted by Gasteiger charge is 2.15. The van der Waals surface area contributed by atoms with Crippen LogP contribution in [0.1, 0.15) is 5.56 Å². The summed E-state index contributed by atoms with van der Waals surface area (Å²) in [4.78, 5) is 16.7. The van der Waals surface area contributed by atoms with E-state index in [1.807, 2.05) is 31.2 Å². The molecule has 3 rings (SSSR count). The lowest BCUT2D eigenvalue weighted by atomic mass is 10.1. The Bertz CT molecular complexity index is 750. The Labute approximate surface area is 131 Å². The van der Waals surface area contributed by atoms with Crippen LogP contribution < -0.4 is 0 Å². The molecule has 0 aliphatic rings. The predicted octanol–water partition coefficient (Wildman–Crippen LogP) is 4.22. The number of nitrogens with zero attached hydrogens (tertiary/aromatic N) is 4. The molecule has 0 amide bonds. The zero-order valence-electron chi connectivity index (χ0n) is 11.1. The Morgan fingerprint density at radius 2 is 1.38 bits per heavy atom. The van der Waals surface area contributed by atoms with E-state index in [2.05, 4.69) is 19.9 Å². The first-order valence-electron chi connectivity index (χ1n) is 6.22. The molecule has 0 spiro atoms. The van der Waals surface area contributed by atoms with E-state index in [9.17, 15) is 0 Å². The fraction of sp³-hybridized carbons (Fsp3) is 0.0667. The first kappa shape index (κ1) is 13.9. The molecule has 1 aromatic carbocycles. The van der Waals surface area contributed by atoms with Gasteiger partial charge in [0.1, 0.15) is 10.3 Å². The number of halogens is 2. The average molecular weight is 317 g/mol. The van der Waals surface area contributed by atoms with Gasteiger partial charge in [-0.1, -0.05) is 53.0 Å². The number of hydrogen-bond acceptors (Lipinski definition) is 4. The molecule has 2 aromatic heterocycles. The van der Waals surface area contributed by atoms with Gasteiger partial charge in [0.05, 0.1) is 5.56 Å². The number of aromatic nitrogens is 4. The summed E-state index contributed by atoms with van der Waals surface area (Å²) < 4.78 is 0. The molecule has 6 heteroatoms. The number of benzene rings is 1. The smallest absolute Gasteiger partial charge is 0.200 e. The van der Waals surface area contributed by atoms with E-state index < -0.39 is 0 Å². The quantitative estimate of drug-likeness (QED) is 0.664. The molecule has 2 heterocycles. The summed E-state index contributed by atoms with van der Waals surface area (Å²) >= 11 is 12.5. The summed E-state index contributed by atoms with van der Waals surface area (Å²) in [6.07, 6.45) is 3.22.